The second-order valence-corrected chi connectivity index (χ2v) is 9.12. The van der Waals surface area contributed by atoms with E-state index in [2.05, 4.69) is 0 Å². The number of hydrogen-bond donors (Lipinski definition) is 0. The largest absolute Gasteiger partial charge is 0.491 e. The second-order valence-electron chi connectivity index (χ2n) is 9.12. The van der Waals surface area contributed by atoms with Crippen molar-refractivity contribution in [2.24, 2.45) is 5.92 Å². The van der Waals surface area contributed by atoms with Crippen molar-refractivity contribution in [1.29, 1.82) is 0 Å². The molecule has 0 radical (unpaired) electrons. The van der Waals surface area contributed by atoms with Crippen molar-refractivity contribution >= 4 is 17.5 Å². The van der Waals surface area contributed by atoms with Crippen molar-refractivity contribution in [2.45, 2.75) is 33.9 Å². The van der Waals surface area contributed by atoms with Crippen LogP contribution in [0, 0.1) is 12.8 Å². The summed E-state index contributed by atoms with van der Waals surface area (Å²) in [6, 6.07) is 23.3. The third kappa shape index (κ3) is 6.21. The van der Waals surface area contributed by atoms with Crippen molar-refractivity contribution in [3.05, 3.63) is 89.5 Å². The summed E-state index contributed by atoms with van der Waals surface area (Å²) in [5.74, 6) is 1.28. The molecule has 0 saturated carbocycles. The van der Waals surface area contributed by atoms with E-state index in [0.717, 1.165) is 28.1 Å². The molecule has 0 spiro atoms. The standard InChI is InChI=1S/C29H32N2O4/c1-21(2)29(33)31(25-12-9-22(3)10-13-25)18-23-11-14-27-24(17-23)19-30(15-16-34-27)28(32)20-35-26-7-5-4-6-8-26/h4-14,17,21H,15-16,18-20H2,1-3H3. The number of fused-ring (bicyclic) bond motifs is 1. The topological polar surface area (TPSA) is 59.1 Å². The van der Waals surface area contributed by atoms with Gasteiger partial charge in [-0.15, -0.1) is 0 Å². The van der Waals surface area contributed by atoms with Gasteiger partial charge < -0.3 is 19.3 Å². The van der Waals surface area contributed by atoms with Crippen LogP contribution in [0.1, 0.15) is 30.5 Å². The van der Waals surface area contributed by atoms with Gasteiger partial charge in [0.2, 0.25) is 5.91 Å². The first-order chi connectivity index (χ1) is 16.9. The van der Waals surface area contributed by atoms with Gasteiger partial charge in [0.05, 0.1) is 13.1 Å². The van der Waals surface area contributed by atoms with E-state index in [9.17, 15) is 9.59 Å². The summed E-state index contributed by atoms with van der Waals surface area (Å²) < 4.78 is 11.6. The monoisotopic (exact) mass is 472 g/mol. The Kier molecular flexibility index (Phi) is 7.70. The molecule has 0 N–H and O–H groups in total. The zero-order valence-electron chi connectivity index (χ0n) is 20.6. The van der Waals surface area contributed by atoms with Gasteiger partial charge in [-0.2, -0.15) is 0 Å². The number of aryl methyl sites for hydroxylation is 1. The molecule has 0 atom stereocenters. The molecule has 3 aromatic rings. The highest BCUT2D eigenvalue weighted by Crippen LogP contribution is 2.27. The van der Waals surface area contributed by atoms with Gasteiger partial charge in [0.25, 0.3) is 5.91 Å². The molecular weight excluding hydrogens is 440 g/mol. The van der Waals surface area contributed by atoms with Gasteiger partial charge in [0, 0.05) is 23.7 Å². The van der Waals surface area contributed by atoms with Crippen molar-refractivity contribution in [2.75, 3.05) is 24.7 Å². The van der Waals surface area contributed by atoms with Crippen molar-refractivity contribution in [3.63, 3.8) is 0 Å². The number of ether oxygens (including phenoxy) is 2. The highest BCUT2D eigenvalue weighted by atomic mass is 16.5. The van der Waals surface area contributed by atoms with E-state index in [-0.39, 0.29) is 24.3 Å². The summed E-state index contributed by atoms with van der Waals surface area (Å²) in [7, 11) is 0. The molecule has 182 valence electrons. The number of para-hydroxylation sites is 1. The van der Waals surface area contributed by atoms with Gasteiger partial charge in [0.1, 0.15) is 18.1 Å². The van der Waals surface area contributed by atoms with Crippen molar-refractivity contribution in [1.82, 2.24) is 4.90 Å². The minimum atomic E-state index is -0.127. The Bertz CT molecular complexity index is 1160. The van der Waals surface area contributed by atoms with E-state index < -0.39 is 0 Å². The van der Waals surface area contributed by atoms with E-state index in [0.29, 0.717) is 32.0 Å². The Labute approximate surface area is 207 Å². The molecule has 0 bridgehead atoms. The lowest BCUT2D eigenvalue weighted by atomic mass is 10.1. The molecule has 0 saturated heterocycles. The van der Waals surface area contributed by atoms with Crippen LogP contribution in [0.3, 0.4) is 0 Å². The lowest BCUT2D eigenvalue weighted by Gasteiger charge is -2.26. The van der Waals surface area contributed by atoms with Crippen LogP contribution in [0.2, 0.25) is 0 Å². The number of carbonyl (C=O) groups excluding carboxylic acids is 2. The number of carbonyl (C=O) groups is 2. The average molecular weight is 473 g/mol. The number of anilines is 1. The number of amides is 2. The summed E-state index contributed by atoms with van der Waals surface area (Å²) in [6.07, 6.45) is 0. The van der Waals surface area contributed by atoms with Crippen LogP contribution in [0.5, 0.6) is 11.5 Å². The summed E-state index contributed by atoms with van der Waals surface area (Å²) in [6.45, 7) is 7.62. The quantitative estimate of drug-likeness (QED) is 0.486. The Balaban J connectivity index is 1.50. The molecule has 0 fully saturated rings. The molecular formula is C29H32N2O4. The van der Waals surface area contributed by atoms with Crippen LogP contribution in [0.15, 0.2) is 72.8 Å². The maximum absolute atomic E-state index is 13.0. The predicted molar refractivity (Wildman–Crippen MR) is 136 cm³/mol. The van der Waals surface area contributed by atoms with Crippen LogP contribution >= 0.6 is 0 Å². The molecule has 6 heteroatoms. The Morgan fingerprint density at radius 1 is 1.03 bits per heavy atom. The summed E-state index contributed by atoms with van der Waals surface area (Å²) >= 11 is 0. The molecule has 1 heterocycles. The first-order valence-corrected chi connectivity index (χ1v) is 12.0. The van der Waals surface area contributed by atoms with Gasteiger partial charge >= 0.3 is 0 Å². The number of nitrogens with zero attached hydrogens (tertiary/aromatic N) is 2. The van der Waals surface area contributed by atoms with Gasteiger partial charge in [-0.25, -0.2) is 0 Å². The van der Waals surface area contributed by atoms with E-state index in [1.165, 1.54) is 0 Å². The molecule has 35 heavy (non-hydrogen) atoms. The highest BCUT2D eigenvalue weighted by molar-refractivity contribution is 5.94. The van der Waals surface area contributed by atoms with Crippen LogP contribution < -0.4 is 14.4 Å². The minimum Gasteiger partial charge on any atom is -0.491 e. The second kappa shape index (κ2) is 11.1. The fourth-order valence-electron chi connectivity index (χ4n) is 4.03. The first kappa shape index (κ1) is 24.3. The third-order valence-corrected chi connectivity index (χ3v) is 6.01. The smallest absolute Gasteiger partial charge is 0.260 e. The Hall–Kier alpha value is -3.80. The van der Waals surface area contributed by atoms with Gasteiger partial charge in [-0.3, -0.25) is 9.59 Å². The van der Waals surface area contributed by atoms with E-state index in [1.54, 1.807) is 4.90 Å². The molecule has 1 aliphatic rings. The molecule has 0 unspecified atom stereocenters. The summed E-state index contributed by atoms with van der Waals surface area (Å²) in [4.78, 5) is 29.5. The fraction of sp³-hybridized carbons (Fsp3) is 0.310. The molecule has 2 amide bonds. The average Bonchev–Trinajstić information content (AvgIpc) is 3.09. The zero-order chi connectivity index (χ0) is 24.8. The van der Waals surface area contributed by atoms with Crippen LogP contribution in [-0.4, -0.2) is 36.5 Å². The van der Waals surface area contributed by atoms with E-state index in [4.69, 9.17) is 9.47 Å². The van der Waals surface area contributed by atoms with E-state index in [1.807, 2.05) is 98.5 Å². The molecule has 6 nitrogen and oxygen atoms in total. The molecule has 1 aliphatic heterocycles. The highest BCUT2D eigenvalue weighted by Gasteiger charge is 2.23. The third-order valence-electron chi connectivity index (χ3n) is 6.01. The Morgan fingerprint density at radius 3 is 2.49 bits per heavy atom. The summed E-state index contributed by atoms with van der Waals surface area (Å²) in [5, 5.41) is 0. The van der Waals surface area contributed by atoms with Gasteiger partial charge in [0.15, 0.2) is 6.61 Å². The van der Waals surface area contributed by atoms with Crippen LogP contribution in [0.4, 0.5) is 5.69 Å². The normalized spacial score (nSPS) is 13.0. The maximum atomic E-state index is 13.0. The van der Waals surface area contributed by atoms with E-state index >= 15 is 0 Å². The van der Waals surface area contributed by atoms with Crippen molar-refractivity contribution < 1.29 is 19.1 Å². The first-order valence-electron chi connectivity index (χ1n) is 12.0. The molecule has 0 aliphatic carbocycles. The number of benzene rings is 3. The maximum Gasteiger partial charge on any atom is 0.260 e. The Morgan fingerprint density at radius 2 is 1.77 bits per heavy atom. The number of rotatable bonds is 7. The molecule has 4 rings (SSSR count). The number of hydrogen-bond acceptors (Lipinski definition) is 4. The lowest BCUT2D eigenvalue weighted by molar-refractivity contribution is -0.134. The van der Waals surface area contributed by atoms with Crippen molar-refractivity contribution in [3.8, 4) is 11.5 Å². The lowest BCUT2D eigenvalue weighted by Crippen LogP contribution is -2.36. The minimum absolute atomic E-state index is 0.0247. The van der Waals surface area contributed by atoms with Crippen LogP contribution in [-0.2, 0) is 22.7 Å². The molecule has 0 aromatic heterocycles. The summed E-state index contributed by atoms with van der Waals surface area (Å²) in [5.41, 5.74) is 3.93. The fourth-order valence-corrected chi connectivity index (χ4v) is 4.03. The van der Waals surface area contributed by atoms with Crippen LogP contribution in [0.25, 0.3) is 0 Å². The predicted octanol–water partition coefficient (Wildman–Crippen LogP) is 4.98. The zero-order valence-corrected chi connectivity index (χ0v) is 20.6. The van der Waals surface area contributed by atoms with Gasteiger partial charge in [-0.05, 0) is 48.9 Å². The van der Waals surface area contributed by atoms with Gasteiger partial charge in [-0.1, -0.05) is 55.8 Å². The molecule has 3 aromatic carbocycles. The SMILES string of the molecule is Cc1ccc(N(Cc2ccc3c(c2)CN(C(=O)COc2ccccc2)CCO3)C(=O)C(C)C)cc1.